The molecule has 0 fully saturated rings. The van der Waals surface area contributed by atoms with Crippen molar-refractivity contribution in [3.05, 3.63) is 62.9 Å². The van der Waals surface area contributed by atoms with Crippen LogP contribution in [0, 0.1) is 0 Å². The predicted octanol–water partition coefficient (Wildman–Crippen LogP) is 6.71. The smallest absolute Gasteiger partial charge is 0.266 e. The molecule has 172 valence electrons. The van der Waals surface area contributed by atoms with Gasteiger partial charge in [-0.2, -0.15) is 17.5 Å². The van der Waals surface area contributed by atoms with Gasteiger partial charge in [0.2, 0.25) is 0 Å². The molecule has 5 nitrogen and oxygen atoms in total. The second-order valence-electron chi connectivity index (χ2n) is 6.51. The van der Waals surface area contributed by atoms with E-state index in [1.807, 2.05) is 13.8 Å². The third kappa shape index (κ3) is 5.06. The average Bonchev–Trinajstić information content (AvgIpc) is 3.16. The number of pyridine rings is 1. The molecule has 0 aliphatic carbocycles. The number of halogens is 6. The van der Waals surface area contributed by atoms with Crippen LogP contribution in [0.15, 0.2) is 46.6 Å². The molecule has 2 heterocycles. The minimum Gasteiger partial charge on any atom is -0.266 e. The molecule has 0 bridgehead atoms. The zero-order chi connectivity index (χ0) is 23.6. The third-order valence-electron chi connectivity index (χ3n) is 4.55. The highest BCUT2D eigenvalue weighted by atomic mass is 35.5. The highest BCUT2D eigenvalue weighted by molar-refractivity contribution is 7.87. The van der Waals surface area contributed by atoms with Gasteiger partial charge in [0.1, 0.15) is 5.70 Å². The van der Waals surface area contributed by atoms with Gasteiger partial charge in [-0.15, -0.1) is 0 Å². The molecule has 0 spiro atoms. The molecular weight excluding hydrogens is 508 g/mol. The number of amides is 1. The number of hydrogen-bond donors (Lipinski definition) is 0. The first kappa shape index (κ1) is 24.8. The molecule has 0 atom stereocenters. The molecule has 32 heavy (non-hydrogen) atoms. The van der Waals surface area contributed by atoms with Gasteiger partial charge in [0.05, 0.1) is 27.8 Å². The normalized spacial score (nSPS) is 14.2. The molecule has 1 amide bonds. The Morgan fingerprint density at radius 3 is 2.47 bits per heavy atom. The molecule has 2 aromatic rings. The number of carbonyl (C=O) groups is 1. The van der Waals surface area contributed by atoms with Crippen LogP contribution in [0.4, 0.5) is 24.7 Å². The number of alkyl halides is 3. The molecule has 1 aliphatic rings. The highest BCUT2D eigenvalue weighted by Gasteiger charge is 2.46. The van der Waals surface area contributed by atoms with Crippen molar-refractivity contribution >= 4 is 62.9 Å². The van der Waals surface area contributed by atoms with Gasteiger partial charge in [0.15, 0.2) is 5.82 Å². The van der Waals surface area contributed by atoms with E-state index in [9.17, 15) is 18.0 Å². The maximum Gasteiger partial charge on any atom is 0.433 e. The molecule has 1 aromatic heterocycles. The number of benzene rings is 1. The number of hydrazine groups is 1. The van der Waals surface area contributed by atoms with Crippen LogP contribution in [0.1, 0.15) is 24.2 Å². The summed E-state index contributed by atoms with van der Waals surface area (Å²) in [7, 11) is -0.579. The van der Waals surface area contributed by atoms with Crippen molar-refractivity contribution in [2.75, 3.05) is 28.1 Å². The van der Waals surface area contributed by atoms with E-state index in [0.717, 1.165) is 11.1 Å². The molecule has 1 aromatic carbocycles. The van der Waals surface area contributed by atoms with Gasteiger partial charge in [0.25, 0.3) is 5.91 Å². The number of aromatic nitrogens is 1. The summed E-state index contributed by atoms with van der Waals surface area (Å²) in [5.41, 5.74) is -1.36. The molecule has 0 saturated carbocycles. The fourth-order valence-corrected chi connectivity index (χ4v) is 4.93. The van der Waals surface area contributed by atoms with E-state index in [-0.39, 0.29) is 38.7 Å². The molecule has 12 heteroatoms. The minimum atomic E-state index is -4.74. The summed E-state index contributed by atoms with van der Waals surface area (Å²) in [5, 5.41) is 2.11. The van der Waals surface area contributed by atoms with Crippen LogP contribution in [-0.4, -0.2) is 35.1 Å². The van der Waals surface area contributed by atoms with Gasteiger partial charge in [0, 0.05) is 22.7 Å². The summed E-state index contributed by atoms with van der Waals surface area (Å²) in [4.78, 5) is 17.2. The Morgan fingerprint density at radius 1 is 1.19 bits per heavy atom. The Balaban J connectivity index is 2.26. The van der Waals surface area contributed by atoms with Crippen molar-refractivity contribution in [1.29, 1.82) is 0 Å². The largest absolute Gasteiger partial charge is 0.433 e. The summed E-state index contributed by atoms with van der Waals surface area (Å²) in [6.45, 7) is 3.57. The van der Waals surface area contributed by atoms with Gasteiger partial charge in [-0.25, -0.2) is 9.99 Å². The fraction of sp³-hybridized carbons (Fsp3) is 0.300. The van der Waals surface area contributed by atoms with E-state index >= 15 is 0 Å². The third-order valence-corrected chi connectivity index (χ3v) is 7.11. The topological polar surface area (TPSA) is 48.8 Å². The standard InChI is InChI=1S/C20H18Cl3F3N4OS/c1-3-32(4-2)28-19(31)13-10-12(21)11-15(23)17(13)30-16(20(24,25)26)7-9-29(30)18-14(22)6-5-8-27-18/h5-8,10-11H,3-4,9H2,1-2H3. The lowest BCUT2D eigenvalue weighted by molar-refractivity contribution is -0.0927. The average molecular weight is 526 g/mol. The zero-order valence-electron chi connectivity index (χ0n) is 17.0. The Labute approximate surface area is 200 Å². The first-order valence-corrected chi connectivity index (χ1v) is 12.1. The number of allylic oxidation sites excluding steroid dienone is 1. The number of rotatable bonds is 5. The fourth-order valence-electron chi connectivity index (χ4n) is 3.14. The Hall–Kier alpha value is -1.81. The van der Waals surface area contributed by atoms with E-state index in [4.69, 9.17) is 34.8 Å². The summed E-state index contributed by atoms with van der Waals surface area (Å²) in [6.07, 6.45) is -2.36. The minimum absolute atomic E-state index is 0.0767. The van der Waals surface area contributed by atoms with E-state index in [2.05, 4.69) is 9.35 Å². The first-order chi connectivity index (χ1) is 15.1. The second-order valence-corrected chi connectivity index (χ2v) is 10.0. The summed E-state index contributed by atoms with van der Waals surface area (Å²) in [6, 6.07) is 5.61. The van der Waals surface area contributed by atoms with Crippen molar-refractivity contribution in [1.82, 2.24) is 4.98 Å². The Morgan fingerprint density at radius 2 is 1.88 bits per heavy atom. The maximum absolute atomic E-state index is 14.0. The first-order valence-electron chi connectivity index (χ1n) is 9.46. The van der Waals surface area contributed by atoms with Crippen LogP contribution in [0.2, 0.25) is 15.1 Å². The van der Waals surface area contributed by atoms with Crippen LogP contribution >= 0.6 is 34.8 Å². The van der Waals surface area contributed by atoms with Gasteiger partial charge in [-0.05, 0) is 30.3 Å². The lowest BCUT2D eigenvalue weighted by atomic mass is 10.1. The number of hydrogen-bond acceptors (Lipinski definition) is 4. The molecule has 1 aliphatic heterocycles. The van der Waals surface area contributed by atoms with Gasteiger partial charge in [-0.3, -0.25) is 9.80 Å². The molecule has 0 radical (unpaired) electrons. The van der Waals surface area contributed by atoms with Gasteiger partial charge >= 0.3 is 6.18 Å². The highest BCUT2D eigenvalue weighted by Crippen LogP contribution is 2.44. The van der Waals surface area contributed by atoms with Crippen molar-refractivity contribution in [2.24, 2.45) is 4.36 Å². The molecule has 0 N–H and O–H groups in total. The van der Waals surface area contributed by atoms with Crippen LogP contribution in [0.5, 0.6) is 0 Å². The van der Waals surface area contributed by atoms with E-state index < -0.39 is 28.5 Å². The molecule has 3 rings (SSSR count). The molecular formula is C20H18Cl3F3N4OS. The molecule has 0 unspecified atom stereocenters. The van der Waals surface area contributed by atoms with Crippen LogP contribution < -0.4 is 10.0 Å². The van der Waals surface area contributed by atoms with Crippen molar-refractivity contribution < 1.29 is 18.0 Å². The van der Waals surface area contributed by atoms with Crippen LogP contribution in [-0.2, 0) is 10.7 Å². The van der Waals surface area contributed by atoms with Crippen LogP contribution in [0.3, 0.4) is 0 Å². The quantitative estimate of drug-likeness (QED) is 0.435. The van der Waals surface area contributed by atoms with Crippen molar-refractivity contribution in [3.8, 4) is 0 Å². The van der Waals surface area contributed by atoms with Gasteiger partial charge < -0.3 is 0 Å². The lowest BCUT2D eigenvalue weighted by Gasteiger charge is -2.35. The predicted molar refractivity (Wildman–Crippen MR) is 125 cm³/mol. The van der Waals surface area contributed by atoms with E-state index in [1.54, 1.807) is 6.07 Å². The Kier molecular flexibility index (Phi) is 7.75. The number of nitrogens with zero attached hydrogens (tertiary/aromatic N) is 4. The summed E-state index contributed by atoms with van der Waals surface area (Å²) in [5.74, 6) is 0.627. The summed E-state index contributed by atoms with van der Waals surface area (Å²) < 4.78 is 46.1. The lowest BCUT2D eigenvalue weighted by Crippen LogP contribution is -2.43. The molecule has 0 saturated heterocycles. The number of carbonyl (C=O) groups excluding carboxylic acids is 1. The monoisotopic (exact) mass is 524 g/mol. The van der Waals surface area contributed by atoms with Crippen molar-refractivity contribution in [3.63, 3.8) is 0 Å². The van der Waals surface area contributed by atoms with E-state index in [0.29, 0.717) is 11.5 Å². The van der Waals surface area contributed by atoms with Gasteiger partial charge in [-0.1, -0.05) is 59.3 Å². The number of anilines is 2. The maximum atomic E-state index is 14.0. The van der Waals surface area contributed by atoms with Crippen LogP contribution in [0.25, 0.3) is 0 Å². The van der Waals surface area contributed by atoms with E-state index in [1.165, 1.54) is 29.4 Å². The SMILES string of the molecule is CCS(CC)=NC(=O)c1cc(Cl)cc(Cl)c1N1C(C(F)(F)F)=CCN1c1ncccc1Cl. The summed E-state index contributed by atoms with van der Waals surface area (Å²) >= 11 is 18.7. The van der Waals surface area contributed by atoms with Crippen molar-refractivity contribution in [2.45, 2.75) is 20.0 Å². The zero-order valence-corrected chi connectivity index (χ0v) is 20.0. The Bertz CT molecular complexity index is 1100. The second kappa shape index (κ2) is 9.99.